The molecule has 3 aliphatic heterocycles. The lowest BCUT2D eigenvalue weighted by Gasteiger charge is -2.46. The van der Waals surface area contributed by atoms with Gasteiger partial charge in [-0.15, -0.1) is 0 Å². The molecule has 41 heavy (non-hydrogen) atoms. The van der Waals surface area contributed by atoms with E-state index in [1.165, 1.54) is 96.8 Å². The average Bonchev–Trinajstić information content (AvgIpc) is 2.95. The lowest BCUT2D eigenvalue weighted by atomic mass is 9.77. The lowest BCUT2D eigenvalue weighted by Crippen LogP contribution is -2.51. The Labute approximate surface area is 251 Å². The van der Waals surface area contributed by atoms with E-state index in [4.69, 9.17) is 18.5 Å². The molecule has 0 aromatic heterocycles. The van der Waals surface area contributed by atoms with Crippen molar-refractivity contribution in [1.82, 2.24) is 4.90 Å². The van der Waals surface area contributed by atoms with Crippen molar-refractivity contribution >= 4 is 13.8 Å². The number of rotatable bonds is 26. The number of carbonyl (C=O) groups excluding carboxylic acids is 1. The molecule has 3 heterocycles. The number of phosphoric acid groups is 1. The summed E-state index contributed by atoms with van der Waals surface area (Å²) < 4.78 is 34.3. The number of hydrogen-bond donors (Lipinski definition) is 1. The van der Waals surface area contributed by atoms with Crippen LogP contribution in [0.1, 0.15) is 136 Å². The van der Waals surface area contributed by atoms with Crippen LogP contribution < -0.4 is 0 Å². The van der Waals surface area contributed by atoms with Gasteiger partial charge in [-0.25, -0.2) is 4.57 Å². The van der Waals surface area contributed by atoms with E-state index < -0.39 is 19.9 Å². The molecule has 0 amide bonds. The van der Waals surface area contributed by atoms with Crippen LogP contribution in [-0.2, 0) is 27.9 Å². The van der Waals surface area contributed by atoms with Gasteiger partial charge in [0.15, 0.2) is 0 Å². The maximum atomic E-state index is 12.6. The molecule has 0 saturated carbocycles. The van der Waals surface area contributed by atoms with Crippen LogP contribution in [0.2, 0.25) is 0 Å². The van der Waals surface area contributed by atoms with Gasteiger partial charge in [0.25, 0.3) is 0 Å². The van der Waals surface area contributed by atoms with Crippen LogP contribution in [0.25, 0.3) is 0 Å². The topological polar surface area (TPSA) is 94.5 Å². The zero-order valence-corrected chi connectivity index (χ0v) is 27.5. The van der Waals surface area contributed by atoms with Crippen molar-refractivity contribution in [1.29, 1.82) is 0 Å². The first kappa shape index (κ1) is 36.7. The third-order valence-electron chi connectivity index (χ3n) is 8.81. The molecule has 0 radical (unpaired) electrons. The SMILES string of the molecule is CCCCCCCCCCCCCCCCCCOCC(COP(=O)(O)OC(C)C1CN2CCC1CC2)OC(C)=O. The van der Waals surface area contributed by atoms with Gasteiger partial charge >= 0.3 is 13.8 Å². The first-order valence-corrected chi connectivity index (χ1v) is 18.4. The van der Waals surface area contributed by atoms with Crippen molar-refractivity contribution in [3.05, 3.63) is 0 Å². The highest BCUT2D eigenvalue weighted by atomic mass is 31.2. The van der Waals surface area contributed by atoms with Crippen molar-refractivity contribution in [2.24, 2.45) is 11.8 Å². The summed E-state index contributed by atoms with van der Waals surface area (Å²) in [7, 11) is -4.28. The Morgan fingerprint density at radius 3 is 1.83 bits per heavy atom. The summed E-state index contributed by atoms with van der Waals surface area (Å²) in [5.41, 5.74) is 0. The highest BCUT2D eigenvalue weighted by Gasteiger charge is 2.40. The molecular weight excluding hydrogens is 541 g/mol. The molecule has 0 aromatic rings. The number of unbranched alkanes of at least 4 members (excludes halogenated alkanes) is 15. The van der Waals surface area contributed by atoms with Gasteiger partial charge in [0, 0.05) is 26.0 Å². The van der Waals surface area contributed by atoms with E-state index >= 15 is 0 Å². The molecule has 3 aliphatic rings. The molecule has 3 rings (SSSR count). The Kier molecular flexibility index (Phi) is 19.8. The van der Waals surface area contributed by atoms with Crippen LogP contribution in [0.5, 0.6) is 0 Å². The van der Waals surface area contributed by atoms with Crippen LogP contribution in [-0.4, -0.2) is 67.4 Å². The highest BCUT2D eigenvalue weighted by Crippen LogP contribution is 2.48. The van der Waals surface area contributed by atoms with Crippen LogP contribution in [0.15, 0.2) is 0 Å². The van der Waals surface area contributed by atoms with Crippen molar-refractivity contribution in [2.75, 3.05) is 39.5 Å². The molecule has 4 atom stereocenters. The van der Waals surface area contributed by atoms with Gasteiger partial charge in [-0.2, -0.15) is 0 Å². The Morgan fingerprint density at radius 1 is 0.854 bits per heavy atom. The molecule has 2 bridgehead atoms. The second-order valence-electron chi connectivity index (χ2n) is 12.5. The maximum Gasteiger partial charge on any atom is 0.472 e. The number of esters is 1. The maximum absolute atomic E-state index is 12.6. The Balaban J connectivity index is 1.46. The van der Waals surface area contributed by atoms with Crippen LogP contribution >= 0.6 is 7.82 Å². The minimum Gasteiger partial charge on any atom is -0.458 e. The van der Waals surface area contributed by atoms with Gasteiger partial charge in [0.05, 0.1) is 19.3 Å². The first-order valence-electron chi connectivity index (χ1n) is 16.9. The van der Waals surface area contributed by atoms with E-state index in [2.05, 4.69) is 11.8 Å². The standard InChI is InChI=1S/C32H62NO7P/c1-4-5-6-7-8-9-10-11-12-13-14-15-16-17-18-19-24-37-26-31(39-29(3)34)27-38-41(35,36)40-28(2)32-25-33-22-20-30(32)21-23-33/h28,30-32H,4-27H2,1-3H3,(H,35,36). The molecule has 1 N–H and O–H groups in total. The first-order chi connectivity index (χ1) is 19.8. The summed E-state index contributed by atoms with van der Waals surface area (Å²) in [6.45, 7) is 9.00. The molecule has 3 saturated heterocycles. The summed E-state index contributed by atoms with van der Waals surface area (Å²) in [5, 5.41) is 0. The smallest absolute Gasteiger partial charge is 0.458 e. The molecule has 0 aromatic carbocycles. The molecular formula is C32H62NO7P. The van der Waals surface area contributed by atoms with Gasteiger partial charge in [0.2, 0.25) is 0 Å². The fourth-order valence-corrected chi connectivity index (χ4v) is 7.35. The number of ether oxygens (including phenoxy) is 2. The minimum atomic E-state index is -4.28. The summed E-state index contributed by atoms with van der Waals surface area (Å²) >= 11 is 0. The normalized spacial score (nSPS) is 23.3. The van der Waals surface area contributed by atoms with Crippen LogP contribution in [0.4, 0.5) is 0 Å². The van der Waals surface area contributed by atoms with Gasteiger partial charge < -0.3 is 19.3 Å². The minimum absolute atomic E-state index is 0.132. The fourth-order valence-electron chi connectivity index (χ4n) is 6.36. The number of fused-ring (bicyclic) bond motifs is 3. The van der Waals surface area contributed by atoms with Gasteiger partial charge in [-0.3, -0.25) is 13.8 Å². The van der Waals surface area contributed by atoms with Crippen molar-refractivity contribution in [3.63, 3.8) is 0 Å². The van der Waals surface area contributed by atoms with Crippen molar-refractivity contribution < 1.29 is 32.8 Å². The highest BCUT2D eigenvalue weighted by molar-refractivity contribution is 7.47. The quantitative estimate of drug-likeness (QED) is 0.0603. The molecule has 0 aliphatic carbocycles. The van der Waals surface area contributed by atoms with E-state index in [1.54, 1.807) is 0 Å². The zero-order chi connectivity index (χ0) is 29.8. The molecule has 3 fully saturated rings. The summed E-state index contributed by atoms with van der Waals surface area (Å²) in [6.07, 6.45) is 22.2. The monoisotopic (exact) mass is 603 g/mol. The predicted octanol–water partition coefficient (Wildman–Crippen LogP) is 8.06. The van der Waals surface area contributed by atoms with Crippen molar-refractivity contribution in [2.45, 2.75) is 149 Å². The van der Waals surface area contributed by atoms with Gasteiger partial charge in [-0.05, 0) is 45.2 Å². The van der Waals surface area contributed by atoms with Crippen LogP contribution in [0.3, 0.4) is 0 Å². The molecule has 0 spiro atoms. The summed E-state index contributed by atoms with van der Waals surface area (Å²) in [5.74, 6) is 0.287. The number of nitrogens with zero attached hydrogens (tertiary/aromatic N) is 1. The molecule has 8 nitrogen and oxygen atoms in total. The Hall–Kier alpha value is -0.500. The average molecular weight is 604 g/mol. The number of carbonyl (C=O) groups is 1. The second-order valence-corrected chi connectivity index (χ2v) is 13.9. The lowest BCUT2D eigenvalue weighted by molar-refractivity contribution is -0.152. The third kappa shape index (κ3) is 17.4. The molecule has 242 valence electrons. The van der Waals surface area contributed by atoms with E-state index in [-0.39, 0.29) is 25.2 Å². The fraction of sp³-hybridized carbons (Fsp3) is 0.969. The van der Waals surface area contributed by atoms with E-state index in [9.17, 15) is 14.3 Å². The van der Waals surface area contributed by atoms with Crippen molar-refractivity contribution in [3.8, 4) is 0 Å². The van der Waals surface area contributed by atoms with E-state index in [0.29, 0.717) is 12.5 Å². The summed E-state index contributed by atoms with van der Waals surface area (Å²) in [6, 6.07) is 0. The second kappa shape index (κ2) is 22.1. The van der Waals surface area contributed by atoms with E-state index in [0.717, 1.165) is 45.3 Å². The van der Waals surface area contributed by atoms with E-state index in [1.807, 2.05) is 6.92 Å². The Bertz CT molecular complexity index is 716. The number of phosphoric ester groups is 1. The third-order valence-corrected chi connectivity index (χ3v) is 9.89. The zero-order valence-electron chi connectivity index (χ0n) is 26.6. The number of piperidine rings is 3. The summed E-state index contributed by atoms with van der Waals surface area (Å²) in [4.78, 5) is 24.2. The van der Waals surface area contributed by atoms with Gasteiger partial charge in [0.1, 0.15) is 6.10 Å². The molecule has 4 unspecified atom stereocenters. The predicted molar refractivity (Wildman–Crippen MR) is 165 cm³/mol. The Morgan fingerprint density at radius 2 is 1.37 bits per heavy atom. The van der Waals surface area contributed by atoms with Crippen LogP contribution in [0, 0.1) is 11.8 Å². The van der Waals surface area contributed by atoms with Gasteiger partial charge in [-0.1, -0.05) is 103 Å². The largest absolute Gasteiger partial charge is 0.472 e. The number of hydrogen-bond acceptors (Lipinski definition) is 7. The molecule has 9 heteroatoms.